The van der Waals surface area contributed by atoms with Gasteiger partial charge in [-0.3, -0.25) is 4.79 Å². The quantitative estimate of drug-likeness (QED) is 0.503. The lowest BCUT2D eigenvalue weighted by atomic mass is 10.2. The highest BCUT2D eigenvalue weighted by Gasteiger charge is 2.18. The number of rotatable bonds is 8. The van der Waals surface area contributed by atoms with Gasteiger partial charge in [0.25, 0.3) is 0 Å². The summed E-state index contributed by atoms with van der Waals surface area (Å²) in [7, 11) is 1.55. The Hall–Kier alpha value is -1.31. The van der Waals surface area contributed by atoms with Gasteiger partial charge in [-0.2, -0.15) is 0 Å². The lowest BCUT2D eigenvalue weighted by Gasteiger charge is -2.12. The second-order valence-electron chi connectivity index (χ2n) is 3.41. The van der Waals surface area contributed by atoms with Gasteiger partial charge in [-0.25, -0.2) is 4.68 Å². The third kappa shape index (κ3) is 3.58. The summed E-state index contributed by atoms with van der Waals surface area (Å²) in [5.41, 5.74) is 0.914. The van der Waals surface area contributed by atoms with E-state index in [1.54, 1.807) is 11.8 Å². The molecule has 0 aliphatic heterocycles. The van der Waals surface area contributed by atoms with Crippen molar-refractivity contribution in [1.29, 1.82) is 0 Å². The van der Waals surface area contributed by atoms with Gasteiger partial charge in [-0.1, -0.05) is 5.21 Å². The fourth-order valence-corrected chi connectivity index (χ4v) is 1.43. The van der Waals surface area contributed by atoms with Crippen LogP contribution in [0.4, 0.5) is 0 Å². The number of nitrogens with zero attached hydrogens (tertiary/aromatic N) is 3. The van der Waals surface area contributed by atoms with Crippen LogP contribution >= 0.6 is 0 Å². The molecule has 7 nitrogen and oxygen atoms in total. The molecule has 0 saturated heterocycles. The van der Waals surface area contributed by atoms with Gasteiger partial charge in [0.1, 0.15) is 0 Å². The Morgan fingerprint density at radius 3 is 2.88 bits per heavy atom. The molecule has 1 heterocycles. The van der Waals surface area contributed by atoms with Crippen molar-refractivity contribution < 1.29 is 19.4 Å². The lowest BCUT2D eigenvalue weighted by Crippen LogP contribution is -2.15. The van der Waals surface area contributed by atoms with Crippen LogP contribution in [0.5, 0.6) is 0 Å². The molecule has 17 heavy (non-hydrogen) atoms. The van der Waals surface area contributed by atoms with E-state index in [1.165, 1.54) is 0 Å². The Kier molecular flexibility index (Phi) is 5.75. The highest BCUT2D eigenvalue weighted by atomic mass is 16.5. The summed E-state index contributed by atoms with van der Waals surface area (Å²) in [4.78, 5) is 10.8. The van der Waals surface area contributed by atoms with E-state index in [1.807, 2.05) is 6.92 Å². The van der Waals surface area contributed by atoms with E-state index in [9.17, 15) is 4.79 Å². The van der Waals surface area contributed by atoms with E-state index in [0.717, 1.165) is 0 Å². The van der Waals surface area contributed by atoms with Gasteiger partial charge in [0, 0.05) is 7.11 Å². The number of aromatic nitrogens is 3. The Morgan fingerprint density at radius 1 is 1.53 bits per heavy atom. The van der Waals surface area contributed by atoms with E-state index < -0.39 is 0 Å². The molecule has 0 aromatic carbocycles. The average molecular weight is 243 g/mol. The van der Waals surface area contributed by atoms with Crippen LogP contribution in [0.1, 0.15) is 29.2 Å². The zero-order chi connectivity index (χ0) is 12.7. The van der Waals surface area contributed by atoms with Crippen molar-refractivity contribution >= 4 is 6.29 Å². The fraction of sp³-hybridized carbons (Fsp3) is 0.700. The maximum atomic E-state index is 10.8. The summed E-state index contributed by atoms with van der Waals surface area (Å²) in [5.74, 6) is 0. The highest BCUT2D eigenvalue weighted by molar-refractivity contribution is 5.73. The minimum Gasteiger partial charge on any atom is -0.394 e. The van der Waals surface area contributed by atoms with Gasteiger partial charge in [0.2, 0.25) is 0 Å². The number of carbonyl (C=O) groups is 1. The molecular formula is C10H17N3O4. The van der Waals surface area contributed by atoms with Gasteiger partial charge < -0.3 is 14.6 Å². The predicted molar refractivity (Wildman–Crippen MR) is 58.7 cm³/mol. The molecule has 1 atom stereocenters. The standard InChI is InChI=1S/C10H17N3O4/c1-8(16-2)10-9(7-15)11-12-13(10)3-5-17-6-4-14/h7-8,14H,3-6H2,1-2H3. The molecule has 0 aliphatic carbocycles. The van der Waals surface area contributed by atoms with Gasteiger partial charge in [0.05, 0.1) is 38.2 Å². The molecule has 0 fully saturated rings. The molecule has 1 N–H and O–H groups in total. The van der Waals surface area contributed by atoms with Crippen molar-refractivity contribution in [3.63, 3.8) is 0 Å². The van der Waals surface area contributed by atoms with Crippen molar-refractivity contribution in [2.75, 3.05) is 26.9 Å². The Labute approximate surface area is 99.3 Å². The summed E-state index contributed by atoms with van der Waals surface area (Å²) in [6.45, 7) is 2.94. The number of methoxy groups -OCH3 is 1. The van der Waals surface area contributed by atoms with E-state index in [4.69, 9.17) is 14.6 Å². The topological polar surface area (TPSA) is 86.5 Å². The minimum atomic E-state index is -0.261. The van der Waals surface area contributed by atoms with Crippen LogP contribution < -0.4 is 0 Å². The first-order valence-corrected chi connectivity index (χ1v) is 5.34. The SMILES string of the molecule is COC(C)c1c(C=O)nnn1CCOCCO. The second kappa shape index (κ2) is 7.10. The molecular weight excluding hydrogens is 226 g/mol. The molecule has 0 aliphatic rings. The monoisotopic (exact) mass is 243 g/mol. The summed E-state index contributed by atoms with van der Waals surface area (Å²) in [5, 5.41) is 16.2. The van der Waals surface area contributed by atoms with Gasteiger partial charge in [-0.15, -0.1) is 5.10 Å². The molecule has 1 aromatic heterocycles. The number of aliphatic hydroxyl groups is 1. The normalized spacial score (nSPS) is 12.6. The minimum absolute atomic E-state index is 0.0156. The third-order valence-corrected chi connectivity index (χ3v) is 2.33. The third-order valence-electron chi connectivity index (χ3n) is 2.33. The van der Waals surface area contributed by atoms with Crippen LogP contribution in [0, 0.1) is 0 Å². The number of hydrogen-bond acceptors (Lipinski definition) is 6. The smallest absolute Gasteiger partial charge is 0.172 e. The maximum absolute atomic E-state index is 10.8. The first-order chi connectivity index (χ1) is 8.24. The van der Waals surface area contributed by atoms with Crippen molar-refractivity contribution in [2.45, 2.75) is 19.6 Å². The highest BCUT2D eigenvalue weighted by Crippen LogP contribution is 2.17. The fourth-order valence-electron chi connectivity index (χ4n) is 1.43. The number of aldehydes is 1. The summed E-state index contributed by atoms with van der Waals surface area (Å²) in [6, 6.07) is 0. The number of ether oxygens (including phenoxy) is 2. The molecule has 0 bridgehead atoms. The Bertz CT molecular complexity index is 353. The molecule has 1 unspecified atom stereocenters. The van der Waals surface area contributed by atoms with Crippen molar-refractivity contribution in [3.8, 4) is 0 Å². The van der Waals surface area contributed by atoms with E-state index in [2.05, 4.69) is 10.3 Å². The van der Waals surface area contributed by atoms with Gasteiger partial charge in [0.15, 0.2) is 12.0 Å². The molecule has 7 heteroatoms. The summed E-state index contributed by atoms with van der Waals surface area (Å²) < 4.78 is 11.9. The molecule has 0 amide bonds. The number of hydrogen-bond donors (Lipinski definition) is 1. The predicted octanol–water partition coefficient (Wildman–Crippen LogP) is -0.193. The van der Waals surface area contributed by atoms with Crippen LogP contribution in [0.15, 0.2) is 0 Å². The maximum Gasteiger partial charge on any atom is 0.172 e. The molecule has 0 saturated carbocycles. The van der Waals surface area contributed by atoms with E-state index >= 15 is 0 Å². The second-order valence-corrected chi connectivity index (χ2v) is 3.41. The molecule has 1 aromatic rings. The van der Waals surface area contributed by atoms with Crippen LogP contribution in [0.2, 0.25) is 0 Å². The molecule has 0 radical (unpaired) electrons. The van der Waals surface area contributed by atoms with Crippen molar-refractivity contribution in [3.05, 3.63) is 11.4 Å². The average Bonchev–Trinajstić information content (AvgIpc) is 2.76. The van der Waals surface area contributed by atoms with Crippen LogP contribution in [-0.4, -0.2) is 53.3 Å². The number of aliphatic hydroxyl groups excluding tert-OH is 1. The largest absolute Gasteiger partial charge is 0.394 e. The van der Waals surface area contributed by atoms with E-state index in [0.29, 0.717) is 25.1 Å². The number of carbonyl (C=O) groups excluding carboxylic acids is 1. The Morgan fingerprint density at radius 2 is 2.29 bits per heavy atom. The zero-order valence-corrected chi connectivity index (χ0v) is 10.00. The zero-order valence-electron chi connectivity index (χ0n) is 10.00. The van der Waals surface area contributed by atoms with Gasteiger partial charge >= 0.3 is 0 Å². The van der Waals surface area contributed by atoms with Crippen LogP contribution in [0.25, 0.3) is 0 Å². The van der Waals surface area contributed by atoms with Crippen molar-refractivity contribution in [1.82, 2.24) is 15.0 Å². The first kappa shape index (κ1) is 13.8. The van der Waals surface area contributed by atoms with Gasteiger partial charge in [-0.05, 0) is 6.92 Å². The van der Waals surface area contributed by atoms with Crippen LogP contribution in [-0.2, 0) is 16.0 Å². The molecule has 96 valence electrons. The van der Waals surface area contributed by atoms with Crippen molar-refractivity contribution in [2.24, 2.45) is 0 Å². The summed E-state index contributed by atoms with van der Waals surface area (Å²) >= 11 is 0. The molecule has 0 spiro atoms. The first-order valence-electron chi connectivity index (χ1n) is 5.34. The molecule has 1 rings (SSSR count). The lowest BCUT2D eigenvalue weighted by molar-refractivity contribution is 0.0790. The van der Waals surface area contributed by atoms with Crippen LogP contribution in [0.3, 0.4) is 0 Å². The Balaban J connectivity index is 2.70. The summed E-state index contributed by atoms with van der Waals surface area (Å²) in [6.07, 6.45) is 0.395. The van der Waals surface area contributed by atoms with E-state index in [-0.39, 0.29) is 25.0 Å².